The Morgan fingerprint density at radius 3 is 2.71 bits per heavy atom. The Morgan fingerprint density at radius 2 is 2.08 bits per heavy atom. The van der Waals surface area contributed by atoms with Gasteiger partial charge in [0.1, 0.15) is 5.75 Å². The number of hydrogen-bond donors (Lipinski definition) is 1. The van der Waals surface area contributed by atoms with Crippen LogP contribution in [-0.2, 0) is 0 Å². The SMILES string of the molecule is O=C(N[C@H]1CCN(c2nccs2)C1)c1ccc(OC(F)(F)F)cc1. The van der Waals surface area contributed by atoms with Crippen molar-refractivity contribution in [1.29, 1.82) is 0 Å². The van der Waals surface area contributed by atoms with Crippen molar-refractivity contribution >= 4 is 22.4 Å². The van der Waals surface area contributed by atoms with Crippen molar-refractivity contribution in [3.05, 3.63) is 41.4 Å². The average Bonchev–Trinajstić information content (AvgIpc) is 3.16. The van der Waals surface area contributed by atoms with E-state index in [1.165, 1.54) is 23.5 Å². The molecule has 0 spiro atoms. The van der Waals surface area contributed by atoms with Crippen molar-refractivity contribution < 1.29 is 22.7 Å². The molecule has 128 valence electrons. The number of benzene rings is 1. The van der Waals surface area contributed by atoms with Gasteiger partial charge in [-0.2, -0.15) is 0 Å². The highest BCUT2D eigenvalue weighted by Gasteiger charge is 2.31. The highest BCUT2D eigenvalue weighted by molar-refractivity contribution is 7.13. The summed E-state index contributed by atoms with van der Waals surface area (Å²) in [6.07, 6.45) is -2.22. The van der Waals surface area contributed by atoms with E-state index in [2.05, 4.69) is 19.9 Å². The first-order valence-corrected chi connectivity index (χ1v) is 8.10. The molecule has 0 aliphatic carbocycles. The molecule has 1 aliphatic heterocycles. The lowest BCUT2D eigenvalue weighted by atomic mass is 10.2. The van der Waals surface area contributed by atoms with E-state index >= 15 is 0 Å². The molecule has 0 saturated carbocycles. The van der Waals surface area contributed by atoms with Crippen LogP contribution in [0.15, 0.2) is 35.8 Å². The molecule has 2 aromatic rings. The monoisotopic (exact) mass is 357 g/mol. The largest absolute Gasteiger partial charge is 0.573 e. The van der Waals surface area contributed by atoms with E-state index in [4.69, 9.17) is 0 Å². The van der Waals surface area contributed by atoms with E-state index in [9.17, 15) is 18.0 Å². The van der Waals surface area contributed by atoms with Gasteiger partial charge in [-0.1, -0.05) is 0 Å². The van der Waals surface area contributed by atoms with Crippen LogP contribution in [0.25, 0.3) is 0 Å². The van der Waals surface area contributed by atoms with Gasteiger partial charge in [-0.3, -0.25) is 4.79 Å². The number of ether oxygens (including phenoxy) is 1. The number of carbonyl (C=O) groups excluding carboxylic acids is 1. The maximum Gasteiger partial charge on any atom is 0.573 e. The third-order valence-electron chi connectivity index (χ3n) is 3.56. The van der Waals surface area contributed by atoms with Crippen LogP contribution in [0.3, 0.4) is 0 Å². The quantitative estimate of drug-likeness (QED) is 0.914. The highest BCUT2D eigenvalue weighted by atomic mass is 32.1. The number of nitrogens with one attached hydrogen (secondary N) is 1. The topological polar surface area (TPSA) is 54.5 Å². The van der Waals surface area contributed by atoms with Crippen molar-refractivity contribution in [2.24, 2.45) is 0 Å². The molecule has 1 aromatic carbocycles. The summed E-state index contributed by atoms with van der Waals surface area (Å²) in [5, 5.41) is 5.70. The molecular formula is C15H14F3N3O2S. The van der Waals surface area contributed by atoms with Crippen LogP contribution in [0.2, 0.25) is 0 Å². The van der Waals surface area contributed by atoms with Crippen molar-refractivity contribution in [1.82, 2.24) is 10.3 Å². The fourth-order valence-electron chi connectivity index (χ4n) is 2.50. The van der Waals surface area contributed by atoms with Crippen LogP contribution < -0.4 is 15.0 Å². The second-order valence-electron chi connectivity index (χ2n) is 5.29. The number of nitrogens with zero attached hydrogens (tertiary/aromatic N) is 2. The third kappa shape index (κ3) is 4.16. The van der Waals surface area contributed by atoms with Gasteiger partial charge in [0.15, 0.2) is 5.13 Å². The first-order chi connectivity index (χ1) is 11.4. The third-order valence-corrected chi connectivity index (χ3v) is 4.40. The normalized spacial score (nSPS) is 17.8. The highest BCUT2D eigenvalue weighted by Crippen LogP contribution is 2.24. The Morgan fingerprint density at radius 1 is 1.33 bits per heavy atom. The Hall–Kier alpha value is -2.29. The number of hydrogen-bond acceptors (Lipinski definition) is 5. The summed E-state index contributed by atoms with van der Waals surface area (Å²) >= 11 is 1.54. The minimum Gasteiger partial charge on any atom is -0.406 e. The second-order valence-corrected chi connectivity index (χ2v) is 6.16. The molecule has 0 bridgehead atoms. The summed E-state index contributed by atoms with van der Waals surface area (Å²) in [7, 11) is 0. The van der Waals surface area contributed by atoms with Gasteiger partial charge in [0.25, 0.3) is 5.91 Å². The number of alkyl halides is 3. The first-order valence-electron chi connectivity index (χ1n) is 7.22. The zero-order chi connectivity index (χ0) is 17.2. The smallest absolute Gasteiger partial charge is 0.406 e. The van der Waals surface area contributed by atoms with Gasteiger partial charge >= 0.3 is 6.36 Å². The van der Waals surface area contributed by atoms with E-state index in [-0.39, 0.29) is 23.3 Å². The summed E-state index contributed by atoms with van der Waals surface area (Å²) < 4.78 is 40.1. The molecule has 1 saturated heterocycles. The van der Waals surface area contributed by atoms with Crippen LogP contribution in [0.1, 0.15) is 16.8 Å². The van der Waals surface area contributed by atoms with Crippen LogP contribution >= 0.6 is 11.3 Å². The van der Waals surface area contributed by atoms with Crippen LogP contribution in [0, 0.1) is 0 Å². The lowest BCUT2D eigenvalue weighted by Gasteiger charge is -2.16. The first kappa shape index (κ1) is 16.6. The molecular weight excluding hydrogens is 343 g/mol. The van der Waals surface area contributed by atoms with Crippen molar-refractivity contribution in [3.8, 4) is 5.75 Å². The van der Waals surface area contributed by atoms with Gasteiger partial charge in [-0.15, -0.1) is 24.5 Å². The molecule has 1 N–H and O–H groups in total. The zero-order valence-corrected chi connectivity index (χ0v) is 13.2. The van der Waals surface area contributed by atoms with Gasteiger partial charge in [-0.25, -0.2) is 4.98 Å². The summed E-state index contributed by atoms with van der Waals surface area (Å²) in [5.74, 6) is -0.672. The van der Waals surface area contributed by atoms with Crippen molar-refractivity contribution in [2.45, 2.75) is 18.8 Å². The summed E-state index contributed by atoms with van der Waals surface area (Å²) in [4.78, 5) is 18.5. The number of anilines is 1. The molecule has 3 rings (SSSR count). The molecule has 5 nitrogen and oxygen atoms in total. The maximum atomic E-state index is 12.2. The van der Waals surface area contributed by atoms with Gasteiger partial charge in [0, 0.05) is 36.3 Å². The average molecular weight is 357 g/mol. The summed E-state index contributed by atoms with van der Waals surface area (Å²) in [5.41, 5.74) is 0.289. The van der Waals surface area contributed by atoms with Crippen LogP contribution in [0.5, 0.6) is 5.75 Å². The predicted octanol–water partition coefficient (Wildman–Crippen LogP) is 3.05. The Bertz CT molecular complexity index is 689. The molecule has 9 heteroatoms. The molecule has 1 fully saturated rings. The van der Waals surface area contributed by atoms with Gasteiger partial charge in [0.2, 0.25) is 0 Å². The predicted molar refractivity (Wildman–Crippen MR) is 83.3 cm³/mol. The molecule has 2 heterocycles. The fraction of sp³-hybridized carbons (Fsp3) is 0.333. The number of halogens is 3. The van der Waals surface area contributed by atoms with E-state index < -0.39 is 6.36 Å². The Labute approximate surface area is 140 Å². The Balaban J connectivity index is 1.55. The van der Waals surface area contributed by atoms with Crippen LogP contribution in [0.4, 0.5) is 18.3 Å². The molecule has 24 heavy (non-hydrogen) atoms. The number of amides is 1. The lowest BCUT2D eigenvalue weighted by Crippen LogP contribution is -2.37. The number of rotatable bonds is 4. The maximum absolute atomic E-state index is 12.2. The summed E-state index contributed by atoms with van der Waals surface area (Å²) in [6.45, 7) is 1.46. The molecule has 1 amide bonds. The minimum atomic E-state index is -4.74. The molecule has 1 aromatic heterocycles. The van der Waals surface area contributed by atoms with E-state index in [1.807, 2.05) is 5.38 Å². The fourth-order valence-corrected chi connectivity index (χ4v) is 3.18. The van der Waals surface area contributed by atoms with E-state index in [0.29, 0.717) is 6.54 Å². The van der Waals surface area contributed by atoms with Gasteiger partial charge < -0.3 is 15.0 Å². The molecule has 0 radical (unpaired) electrons. The van der Waals surface area contributed by atoms with E-state index in [1.54, 1.807) is 6.20 Å². The minimum absolute atomic E-state index is 0.0208. The van der Waals surface area contributed by atoms with Gasteiger partial charge in [-0.05, 0) is 30.7 Å². The van der Waals surface area contributed by atoms with Crippen molar-refractivity contribution in [3.63, 3.8) is 0 Å². The number of aromatic nitrogens is 1. The molecule has 1 atom stereocenters. The second kappa shape index (κ2) is 6.68. The number of carbonyl (C=O) groups is 1. The number of thiazole rings is 1. The standard InChI is InChI=1S/C15H14F3N3O2S/c16-15(17,18)23-12-3-1-10(2-4-12)13(22)20-11-5-7-21(9-11)14-19-6-8-24-14/h1-4,6,8,11H,5,7,9H2,(H,20,22)/t11-/m0/s1. The molecule has 1 aliphatic rings. The Kier molecular flexibility index (Phi) is 4.61. The molecule has 0 unspecified atom stereocenters. The zero-order valence-electron chi connectivity index (χ0n) is 12.4. The van der Waals surface area contributed by atoms with E-state index in [0.717, 1.165) is 30.2 Å². The van der Waals surface area contributed by atoms with Gasteiger partial charge in [0.05, 0.1) is 0 Å². The van der Waals surface area contributed by atoms with Crippen molar-refractivity contribution in [2.75, 3.05) is 18.0 Å². The van der Waals surface area contributed by atoms with Crippen LogP contribution in [-0.4, -0.2) is 36.4 Å². The lowest BCUT2D eigenvalue weighted by molar-refractivity contribution is -0.274. The summed E-state index contributed by atoms with van der Waals surface area (Å²) in [6, 6.07) is 4.85.